The van der Waals surface area contributed by atoms with Gasteiger partial charge in [0.2, 0.25) is 0 Å². The van der Waals surface area contributed by atoms with E-state index in [0.29, 0.717) is 16.5 Å². The standard InChI is InChI=1S/C26H31N3O8S/c1-6-28(38(34,35)23-15-11-10-14-21(23)29(32)33)22(24(30)36-7-2)16-18-17-27(25(31)37-26(3,4)5)20-13-9-8-12-19(18)20/h8-15,17,22H,6-7,16H2,1-5H3/t22-/m0/s1. The Morgan fingerprint density at radius 2 is 1.71 bits per heavy atom. The second kappa shape index (κ2) is 11.3. The lowest BCUT2D eigenvalue weighted by Gasteiger charge is -2.28. The number of nitro benzene ring substituents is 1. The lowest BCUT2D eigenvalue weighted by atomic mass is 10.0. The molecule has 3 rings (SSSR count). The number of ether oxygens (including phenoxy) is 2. The van der Waals surface area contributed by atoms with Crippen LogP contribution in [0.5, 0.6) is 0 Å². The number of esters is 1. The van der Waals surface area contributed by atoms with Crippen molar-refractivity contribution in [1.29, 1.82) is 0 Å². The summed E-state index contributed by atoms with van der Waals surface area (Å²) in [6.45, 7) is 8.17. The van der Waals surface area contributed by atoms with Gasteiger partial charge in [0.1, 0.15) is 11.6 Å². The Hall–Kier alpha value is -3.77. The Morgan fingerprint density at radius 3 is 2.32 bits per heavy atom. The van der Waals surface area contributed by atoms with E-state index in [4.69, 9.17) is 9.47 Å². The average Bonchev–Trinajstić information content (AvgIpc) is 3.21. The Balaban J connectivity index is 2.13. The van der Waals surface area contributed by atoms with Gasteiger partial charge in [-0.3, -0.25) is 19.5 Å². The van der Waals surface area contributed by atoms with Crippen LogP contribution in [-0.2, 0) is 30.7 Å². The topological polar surface area (TPSA) is 138 Å². The maximum Gasteiger partial charge on any atom is 0.419 e. The number of sulfonamides is 1. The van der Waals surface area contributed by atoms with Crippen molar-refractivity contribution in [2.75, 3.05) is 13.2 Å². The van der Waals surface area contributed by atoms with Gasteiger partial charge in [-0.1, -0.05) is 37.3 Å². The third kappa shape index (κ3) is 6.03. The van der Waals surface area contributed by atoms with Crippen LogP contribution in [0.3, 0.4) is 0 Å². The number of fused-ring (bicyclic) bond motifs is 1. The molecule has 0 bridgehead atoms. The largest absolute Gasteiger partial charge is 0.465 e. The second-order valence-electron chi connectivity index (χ2n) is 9.43. The van der Waals surface area contributed by atoms with Crippen molar-refractivity contribution in [3.05, 3.63) is 70.4 Å². The van der Waals surface area contributed by atoms with Crippen molar-refractivity contribution in [3.63, 3.8) is 0 Å². The van der Waals surface area contributed by atoms with Crippen molar-refractivity contribution in [2.45, 2.75) is 57.6 Å². The van der Waals surface area contributed by atoms with E-state index in [1.807, 2.05) is 0 Å². The van der Waals surface area contributed by atoms with Crippen molar-refractivity contribution in [2.24, 2.45) is 0 Å². The van der Waals surface area contributed by atoms with Gasteiger partial charge in [-0.25, -0.2) is 13.2 Å². The highest BCUT2D eigenvalue weighted by molar-refractivity contribution is 7.89. The molecule has 0 spiro atoms. The summed E-state index contributed by atoms with van der Waals surface area (Å²) in [4.78, 5) is 36.3. The van der Waals surface area contributed by atoms with Crippen LogP contribution in [0.15, 0.2) is 59.6 Å². The summed E-state index contributed by atoms with van der Waals surface area (Å²) in [6.07, 6.45) is 0.728. The molecule has 11 nitrogen and oxygen atoms in total. The Kier molecular flexibility index (Phi) is 8.58. The van der Waals surface area contributed by atoms with Gasteiger partial charge >= 0.3 is 12.1 Å². The number of hydrogen-bond donors (Lipinski definition) is 0. The first kappa shape index (κ1) is 28.8. The predicted octanol–water partition coefficient (Wildman–Crippen LogP) is 4.52. The fraction of sp³-hybridized carbons (Fsp3) is 0.385. The average molecular weight is 546 g/mol. The molecule has 0 radical (unpaired) electrons. The molecule has 0 aliphatic carbocycles. The number of hydrogen-bond acceptors (Lipinski definition) is 8. The van der Waals surface area contributed by atoms with Crippen molar-refractivity contribution in [1.82, 2.24) is 8.87 Å². The molecule has 0 aliphatic heterocycles. The highest BCUT2D eigenvalue weighted by atomic mass is 32.2. The molecular weight excluding hydrogens is 514 g/mol. The fourth-order valence-corrected chi connectivity index (χ4v) is 5.88. The summed E-state index contributed by atoms with van der Waals surface area (Å²) in [7, 11) is -4.50. The van der Waals surface area contributed by atoms with Gasteiger partial charge in [0.25, 0.3) is 15.7 Å². The molecule has 0 aliphatic rings. The molecule has 0 fully saturated rings. The van der Waals surface area contributed by atoms with Crippen LogP contribution in [-0.4, -0.2) is 59.1 Å². The smallest absolute Gasteiger partial charge is 0.419 e. The first-order chi connectivity index (χ1) is 17.8. The van der Waals surface area contributed by atoms with E-state index in [9.17, 15) is 28.1 Å². The zero-order chi connectivity index (χ0) is 28.3. The fourth-order valence-electron chi connectivity index (χ4n) is 4.13. The van der Waals surface area contributed by atoms with Crippen LogP contribution < -0.4 is 0 Å². The maximum atomic E-state index is 13.7. The molecule has 12 heteroatoms. The molecule has 0 saturated heterocycles. The number of likely N-dealkylation sites (N-methyl/N-ethyl adjacent to an activating group) is 1. The van der Waals surface area contributed by atoms with E-state index >= 15 is 0 Å². The Morgan fingerprint density at radius 1 is 1.08 bits per heavy atom. The summed E-state index contributed by atoms with van der Waals surface area (Å²) in [6, 6.07) is 10.6. The first-order valence-electron chi connectivity index (χ1n) is 12.1. The first-order valence-corrected chi connectivity index (χ1v) is 13.5. The van der Waals surface area contributed by atoms with Crippen LogP contribution in [0.1, 0.15) is 40.2 Å². The molecule has 1 atom stereocenters. The van der Waals surface area contributed by atoms with Gasteiger partial charge in [-0.2, -0.15) is 4.31 Å². The number of para-hydroxylation sites is 2. The van der Waals surface area contributed by atoms with Crippen LogP contribution in [0.2, 0.25) is 0 Å². The van der Waals surface area contributed by atoms with Crippen molar-refractivity contribution < 1.29 is 32.4 Å². The third-order valence-electron chi connectivity index (χ3n) is 5.66. The summed E-state index contributed by atoms with van der Waals surface area (Å²) < 4.78 is 40.3. The summed E-state index contributed by atoms with van der Waals surface area (Å²) in [5.74, 6) is -0.814. The summed E-state index contributed by atoms with van der Waals surface area (Å²) in [5.41, 5.74) is -0.340. The lowest BCUT2D eigenvalue weighted by Crippen LogP contribution is -2.47. The zero-order valence-corrected chi connectivity index (χ0v) is 22.7. The third-order valence-corrected chi connectivity index (χ3v) is 7.70. The van der Waals surface area contributed by atoms with Crippen molar-refractivity contribution in [3.8, 4) is 0 Å². The normalized spacial score (nSPS) is 12.9. The van der Waals surface area contributed by atoms with E-state index in [-0.39, 0.29) is 19.6 Å². The molecule has 0 unspecified atom stereocenters. The molecule has 1 aromatic heterocycles. The monoisotopic (exact) mass is 545 g/mol. The molecule has 1 heterocycles. The Labute approximate surface area is 221 Å². The number of aromatic nitrogens is 1. The van der Waals surface area contributed by atoms with Crippen LogP contribution >= 0.6 is 0 Å². The van der Waals surface area contributed by atoms with Crippen LogP contribution in [0.25, 0.3) is 10.9 Å². The van der Waals surface area contributed by atoms with Gasteiger partial charge in [-0.15, -0.1) is 0 Å². The number of carbonyl (C=O) groups excluding carboxylic acids is 2. The minimum absolute atomic E-state index is 0.00190. The van der Waals surface area contributed by atoms with E-state index < -0.39 is 49.2 Å². The van der Waals surface area contributed by atoms with Gasteiger partial charge < -0.3 is 9.47 Å². The van der Waals surface area contributed by atoms with Crippen LogP contribution in [0, 0.1) is 10.1 Å². The molecule has 38 heavy (non-hydrogen) atoms. The molecular formula is C26H31N3O8S. The molecule has 0 amide bonds. The number of rotatable bonds is 9. The molecule has 204 valence electrons. The van der Waals surface area contributed by atoms with E-state index in [2.05, 4.69) is 0 Å². The van der Waals surface area contributed by atoms with E-state index in [1.165, 1.54) is 29.8 Å². The van der Waals surface area contributed by atoms with Crippen molar-refractivity contribution >= 4 is 38.7 Å². The number of benzene rings is 2. The van der Waals surface area contributed by atoms with Gasteiger partial charge in [0.05, 0.1) is 17.0 Å². The predicted molar refractivity (Wildman–Crippen MR) is 140 cm³/mol. The SMILES string of the molecule is CCOC(=O)[C@H](Cc1cn(C(=O)OC(C)(C)C)c2ccccc12)N(CC)S(=O)(=O)c1ccccc1[N+](=O)[O-]. The van der Waals surface area contributed by atoms with Gasteiger partial charge in [0.15, 0.2) is 4.90 Å². The molecule has 2 aromatic carbocycles. The number of carbonyl (C=O) groups is 2. The van der Waals surface area contributed by atoms with Gasteiger partial charge in [-0.05, 0) is 45.4 Å². The lowest BCUT2D eigenvalue weighted by molar-refractivity contribution is -0.387. The van der Waals surface area contributed by atoms with Gasteiger partial charge in [0, 0.05) is 30.6 Å². The molecule has 0 N–H and O–H groups in total. The Bertz CT molecular complexity index is 1460. The number of nitrogens with zero attached hydrogens (tertiary/aromatic N) is 3. The van der Waals surface area contributed by atoms with Crippen LogP contribution in [0.4, 0.5) is 10.5 Å². The molecule has 0 saturated carbocycles. The zero-order valence-electron chi connectivity index (χ0n) is 21.9. The quantitative estimate of drug-likeness (QED) is 0.217. The van der Waals surface area contributed by atoms with E-state index in [1.54, 1.807) is 52.0 Å². The second-order valence-corrected chi connectivity index (χ2v) is 11.3. The highest BCUT2D eigenvalue weighted by Gasteiger charge is 2.39. The minimum Gasteiger partial charge on any atom is -0.465 e. The van der Waals surface area contributed by atoms with E-state index in [0.717, 1.165) is 16.4 Å². The maximum absolute atomic E-state index is 13.7. The highest BCUT2D eigenvalue weighted by Crippen LogP contribution is 2.30. The minimum atomic E-state index is -4.50. The summed E-state index contributed by atoms with van der Waals surface area (Å²) in [5, 5.41) is 12.2. The summed E-state index contributed by atoms with van der Waals surface area (Å²) >= 11 is 0. The molecule has 3 aromatic rings. The number of nitro groups is 1.